The maximum absolute atomic E-state index is 12.4. The van der Waals surface area contributed by atoms with E-state index in [2.05, 4.69) is 21.9 Å². The first-order valence-corrected chi connectivity index (χ1v) is 8.58. The molecular weight excluding hydrogens is 294 g/mol. The van der Waals surface area contributed by atoms with Gasteiger partial charge in [-0.3, -0.25) is 14.3 Å². The normalized spacial score (nSPS) is 24.7. The molecular formula is C16H25N5O2. The van der Waals surface area contributed by atoms with Crippen LogP contribution in [0.25, 0.3) is 0 Å². The van der Waals surface area contributed by atoms with Crippen molar-refractivity contribution in [2.45, 2.75) is 51.6 Å². The molecule has 2 fully saturated rings. The lowest BCUT2D eigenvalue weighted by atomic mass is 9.83. The topological polar surface area (TPSA) is 71.3 Å². The highest BCUT2D eigenvalue weighted by Crippen LogP contribution is 2.31. The van der Waals surface area contributed by atoms with Crippen molar-refractivity contribution in [1.82, 2.24) is 24.6 Å². The molecule has 0 spiro atoms. The Hall–Kier alpha value is -1.92. The third kappa shape index (κ3) is 3.54. The van der Waals surface area contributed by atoms with Gasteiger partial charge in [-0.05, 0) is 25.2 Å². The summed E-state index contributed by atoms with van der Waals surface area (Å²) in [6.45, 7) is 5.07. The van der Waals surface area contributed by atoms with Crippen LogP contribution in [0.1, 0.15) is 39.0 Å². The molecule has 0 radical (unpaired) electrons. The SMILES string of the molecule is CCCN1C(=O)CC[C@H]2CN(C(=O)CCn3cncn3)CC[C@H]21. The summed E-state index contributed by atoms with van der Waals surface area (Å²) < 4.78 is 1.69. The van der Waals surface area contributed by atoms with Gasteiger partial charge in [0.15, 0.2) is 0 Å². The molecule has 1 aromatic heterocycles. The smallest absolute Gasteiger partial charge is 0.224 e. The van der Waals surface area contributed by atoms with Crippen LogP contribution in [0.15, 0.2) is 12.7 Å². The molecule has 3 heterocycles. The Morgan fingerprint density at radius 3 is 2.96 bits per heavy atom. The number of fused-ring (bicyclic) bond motifs is 1. The average molecular weight is 319 g/mol. The van der Waals surface area contributed by atoms with E-state index in [1.165, 1.54) is 6.33 Å². The zero-order valence-electron chi connectivity index (χ0n) is 13.7. The number of aromatic nitrogens is 3. The molecule has 2 aliphatic heterocycles. The van der Waals surface area contributed by atoms with E-state index in [0.717, 1.165) is 38.9 Å². The van der Waals surface area contributed by atoms with Gasteiger partial charge in [-0.1, -0.05) is 6.92 Å². The Bertz CT molecular complexity index is 545. The molecule has 7 nitrogen and oxygen atoms in total. The average Bonchev–Trinajstić information content (AvgIpc) is 3.08. The summed E-state index contributed by atoms with van der Waals surface area (Å²) in [5.41, 5.74) is 0. The second kappa shape index (κ2) is 7.10. The number of hydrogen-bond acceptors (Lipinski definition) is 4. The van der Waals surface area contributed by atoms with Crippen LogP contribution in [-0.2, 0) is 16.1 Å². The van der Waals surface area contributed by atoms with Crippen molar-refractivity contribution >= 4 is 11.8 Å². The molecule has 0 saturated carbocycles. The number of carbonyl (C=O) groups excluding carboxylic acids is 2. The number of nitrogens with zero attached hydrogens (tertiary/aromatic N) is 5. The van der Waals surface area contributed by atoms with E-state index in [9.17, 15) is 9.59 Å². The van der Waals surface area contributed by atoms with Crippen molar-refractivity contribution in [3.8, 4) is 0 Å². The number of amides is 2. The van der Waals surface area contributed by atoms with Gasteiger partial charge in [0.05, 0.1) is 6.54 Å². The lowest BCUT2D eigenvalue weighted by Crippen LogP contribution is -2.57. The zero-order chi connectivity index (χ0) is 16.2. The predicted molar refractivity (Wildman–Crippen MR) is 84.4 cm³/mol. The van der Waals surface area contributed by atoms with E-state index in [1.807, 2.05) is 4.90 Å². The fourth-order valence-corrected chi connectivity index (χ4v) is 3.83. The highest BCUT2D eigenvalue weighted by molar-refractivity contribution is 5.78. The Balaban J connectivity index is 1.55. The van der Waals surface area contributed by atoms with Crippen LogP contribution in [0, 0.1) is 5.92 Å². The third-order valence-electron chi connectivity index (χ3n) is 4.98. The molecule has 2 saturated heterocycles. The molecule has 7 heteroatoms. The minimum atomic E-state index is 0.179. The number of carbonyl (C=O) groups is 2. The van der Waals surface area contributed by atoms with Crippen LogP contribution in [0.4, 0.5) is 0 Å². The summed E-state index contributed by atoms with van der Waals surface area (Å²) in [6, 6.07) is 0.329. The lowest BCUT2D eigenvalue weighted by molar-refractivity contribution is -0.144. The number of hydrogen-bond donors (Lipinski definition) is 0. The summed E-state index contributed by atoms with van der Waals surface area (Å²) >= 11 is 0. The van der Waals surface area contributed by atoms with E-state index in [0.29, 0.717) is 37.3 Å². The van der Waals surface area contributed by atoms with Gasteiger partial charge >= 0.3 is 0 Å². The van der Waals surface area contributed by atoms with Gasteiger partial charge in [0.1, 0.15) is 12.7 Å². The molecule has 2 atom stereocenters. The second-order valence-electron chi connectivity index (χ2n) is 6.49. The highest BCUT2D eigenvalue weighted by Gasteiger charge is 2.39. The van der Waals surface area contributed by atoms with Crippen molar-refractivity contribution in [2.24, 2.45) is 5.92 Å². The monoisotopic (exact) mass is 319 g/mol. The fraction of sp³-hybridized carbons (Fsp3) is 0.750. The highest BCUT2D eigenvalue weighted by atomic mass is 16.2. The Morgan fingerprint density at radius 2 is 2.22 bits per heavy atom. The van der Waals surface area contributed by atoms with Gasteiger partial charge in [0.2, 0.25) is 11.8 Å². The third-order valence-corrected chi connectivity index (χ3v) is 4.98. The van der Waals surface area contributed by atoms with Crippen LogP contribution in [0.2, 0.25) is 0 Å². The lowest BCUT2D eigenvalue weighted by Gasteiger charge is -2.47. The van der Waals surface area contributed by atoms with Gasteiger partial charge in [-0.2, -0.15) is 5.10 Å². The molecule has 0 unspecified atom stereocenters. The van der Waals surface area contributed by atoms with Gasteiger partial charge in [-0.15, -0.1) is 0 Å². The first-order chi connectivity index (χ1) is 11.2. The minimum Gasteiger partial charge on any atom is -0.342 e. The maximum atomic E-state index is 12.4. The summed E-state index contributed by atoms with van der Waals surface area (Å²) in [4.78, 5) is 32.5. The molecule has 23 heavy (non-hydrogen) atoms. The molecule has 0 N–H and O–H groups in total. The van der Waals surface area contributed by atoms with Crippen molar-refractivity contribution in [2.75, 3.05) is 19.6 Å². The zero-order valence-corrected chi connectivity index (χ0v) is 13.7. The minimum absolute atomic E-state index is 0.179. The number of likely N-dealkylation sites (tertiary alicyclic amines) is 2. The second-order valence-corrected chi connectivity index (χ2v) is 6.49. The Kier molecular flexibility index (Phi) is 4.93. The number of rotatable bonds is 5. The van der Waals surface area contributed by atoms with Gasteiger partial charge in [0, 0.05) is 38.5 Å². The molecule has 126 valence electrons. The molecule has 1 aromatic rings. The van der Waals surface area contributed by atoms with E-state index in [-0.39, 0.29) is 5.91 Å². The van der Waals surface area contributed by atoms with E-state index in [4.69, 9.17) is 0 Å². The van der Waals surface area contributed by atoms with Crippen LogP contribution in [0.5, 0.6) is 0 Å². The van der Waals surface area contributed by atoms with E-state index < -0.39 is 0 Å². The summed E-state index contributed by atoms with van der Waals surface area (Å²) in [5, 5.41) is 4.03. The van der Waals surface area contributed by atoms with Gasteiger partial charge in [0.25, 0.3) is 0 Å². The predicted octanol–water partition coefficient (Wildman–Crippen LogP) is 0.918. The first-order valence-electron chi connectivity index (χ1n) is 8.58. The maximum Gasteiger partial charge on any atom is 0.224 e. The molecule has 0 aliphatic carbocycles. The standard InChI is InChI=1S/C16H25N5O2/c1-2-7-21-14-5-8-19(10-13(14)3-4-16(21)23)15(22)6-9-20-12-17-11-18-20/h11-14H,2-10H2,1H3/t13-,14+/m0/s1. The summed E-state index contributed by atoms with van der Waals surface area (Å²) in [5.74, 6) is 0.903. The number of aryl methyl sites for hydroxylation is 1. The van der Waals surface area contributed by atoms with Crippen molar-refractivity contribution < 1.29 is 9.59 Å². The van der Waals surface area contributed by atoms with E-state index in [1.54, 1.807) is 11.0 Å². The van der Waals surface area contributed by atoms with Crippen LogP contribution >= 0.6 is 0 Å². The molecule has 2 aliphatic rings. The summed E-state index contributed by atoms with van der Waals surface area (Å²) in [6.07, 6.45) is 7.02. The fourth-order valence-electron chi connectivity index (χ4n) is 3.83. The molecule has 3 rings (SSSR count). The van der Waals surface area contributed by atoms with Crippen LogP contribution in [0.3, 0.4) is 0 Å². The molecule has 0 aromatic carbocycles. The van der Waals surface area contributed by atoms with Gasteiger partial charge in [-0.25, -0.2) is 4.98 Å². The van der Waals surface area contributed by atoms with Gasteiger partial charge < -0.3 is 9.80 Å². The van der Waals surface area contributed by atoms with Crippen molar-refractivity contribution in [1.29, 1.82) is 0 Å². The number of piperidine rings is 2. The molecule has 0 bridgehead atoms. The Labute approximate surface area is 136 Å². The van der Waals surface area contributed by atoms with Crippen LogP contribution < -0.4 is 0 Å². The summed E-state index contributed by atoms with van der Waals surface area (Å²) in [7, 11) is 0. The molecule has 2 amide bonds. The quantitative estimate of drug-likeness (QED) is 0.809. The van der Waals surface area contributed by atoms with Crippen molar-refractivity contribution in [3.63, 3.8) is 0 Å². The largest absolute Gasteiger partial charge is 0.342 e. The van der Waals surface area contributed by atoms with E-state index >= 15 is 0 Å². The Morgan fingerprint density at radius 1 is 1.35 bits per heavy atom. The first kappa shape index (κ1) is 16.0. The van der Waals surface area contributed by atoms with Crippen molar-refractivity contribution in [3.05, 3.63) is 12.7 Å². The van der Waals surface area contributed by atoms with Crippen LogP contribution in [-0.4, -0.2) is 62.1 Å².